The van der Waals surface area contributed by atoms with Gasteiger partial charge >= 0.3 is 0 Å². The lowest BCUT2D eigenvalue weighted by molar-refractivity contribution is 0.0293. The minimum atomic E-state index is 0.503. The predicted molar refractivity (Wildman–Crippen MR) is 125 cm³/mol. The quantitative estimate of drug-likeness (QED) is 0.643. The summed E-state index contributed by atoms with van der Waals surface area (Å²) in [6, 6.07) is 7.12. The van der Waals surface area contributed by atoms with E-state index in [1.54, 1.807) is 0 Å². The first-order chi connectivity index (χ1) is 15.2. The molecule has 1 N–H and O–H groups in total. The molecule has 3 aliphatic heterocycles. The zero-order valence-corrected chi connectivity index (χ0v) is 19.1. The highest BCUT2D eigenvalue weighted by molar-refractivity contribution is 5.54. The highest BCUT2D eigenvalue weighted by atomic mass is 15.2. The molecule has 0 aromatic carbocycles. The molecule has 2 aromatic heterocycles. The molecule has 5 heterocycles. The number of hydrogen-bond donors (Lipinski definition) is 1. The van der Waals surface area contributed by atoms with E-state index in [0.717, 1.165) is 49.2 Å². The molecule has 6 rings (SSSR count). The zero-order chi connectivity index (χ0) is 21.2. The Morgan fingerprint density at radius 1 is 1.06 bits per heavy atom. The normalized spacial score (nSPS) is 27.7. The van der Waals surface area contributed by atoms with Gasteiger partial charge in [-0.3, -0.25) is 9.88 Å². The van der Waals surface area contributed by atoms with Crippen molar-refractivity contribution < 1.29 is 0 Å². The molecule has 4 aliphatic rings. The fourth-order valence-electron chi connectivity index (χ4n) is 5.68. The molecule has 0 amide bonds. The monoisotopic (exact) mass is 419 g/mol. The molecule has 2 aromatic rings. The van der Waals surface area contributed by atoms with Crippen LogP contribution in [0.3, 0.4) is 0 Å². The van der Waals surface area contributed by atoms with Crippen molar-refractivity contribution in [3.8, 4) is 11.4 Å². The van der Waals surface area contributed by atoms with E-state index in [2.05, 4.69) is 35.1 Å². The molecule has 1 saturated carbocycles. The average Bonchev–Trinajstić information content (AvgIpc) is 3.65. The van der Waals surface area contributed by atoms with E-state index in [1.165, 1.54) is 50.2 Å². The molecule has 5 nitrogen and oxygen atoms in total. The molecular weight excluding hydrogens is 382 g/mol. The lowest BCUT2D eigenvalue weighted by Gasteiger charge is -2.50. The van der Waals surface area contributed by atoms with E-state index in [9.17, 15) is 0 Å². The van der Waals surface area contributed by atoms with Crippen molar-refractivity contribution in [3.63, 3.8) is 0 Å². The first kappa shape index (κ1) is 21.0. The Bertz CT molecular complexity index is 861. The third-order valence-electron chi connectivity index (χ3n) is 7.88. The van der Waals surface area contributed by atoms with Gasteiger partial charge in [-0.15, -0.1) is 0 Å². The van der Waals surface area contributed by atoms with Gasteiger partial charge in [0.25, 0.3) is 0 Å². The van der Waals surface area contributed by atoms with E-state index in [-0.39, 0.29) is 0 Å². The maximum Gasteiger partial charge on any atom is 0.159 e. The Kier molecular flexibility index (Phi) is 6.33. The largest absolute Gasteiger partial charge is 0.315 e. The Morgan fingerprint density at radius 3 is 2.55 bits per heavy atom. The number of hydrogen-bond acceptors (Lipinski definition) is 5. The lowest BCUT2D eigenvalue weighted by atomic mass is 9.74. The van der Waals surface area contributed by atoms with Crippen LogP contribution in [0, 0.1) is 11.8 Å². The van der Waals surface area contributed by atoms with Crippen LogP contribution < -0.4 is 5.32 Å². The Labute approximate surface area is 187 Å². The maximum atomic E-state index is 5.13. The lowest BCUT2D eigenvalue weighted by Crippen LogP contribution is -2.55. The Hall–Kier alpha value is -1.85. The molecule has 1 aliphatic carbocycles. The number of fused-ring (bicyclic) bond motifs is 3. The second-order valence-electron chi connectivity index (χ2n) is 9.93. The van der Waals surface area contributed by atoms with Crippen LogP contribution in [0.4, 0.5) is 0 Å². The predicted octanol–water partition coefficient (Wildman–Crippen LogP) is 4.62. The maximum absolute atomic E-state index is 5.13. The van der Waals surface area contributed by atoms with Crippen LogP contribution in [-0.2, 0) is 0 Å². The second-order valence-corrected chi connectivity index (χ2v) is 9.93. The van der Waals surface area contributed by atoms with Crippen molar-refractivity contribution in [2.24, 2.45) is 11.8 Å². The van der Waals surface area contributed by atoms with E-state index >= 15 is 0 Å². The second kappa shape index (κ2) is 9.33. The number of piperidine rings is 3. The van der Waals surface area contributed by atoms with Crippen molar-refractivity contribution in [2.45, 2.75) is 70.3 Å². The molecule has 5 heteroatoms. The third kappa shape index (κ3) is 4.68. The van der Waals surface area contributed by atoms with Crippen LogP contribution in [0.1, 0.15) is 75.6 Å². The fourth-order valence-corrected chi connectivity index (χ4v) is 5.68. The van der Waals surface area contributed by atoms with Crippen LogP contribution >= 0.6 is 0 Å². The van der Waals surface area contributed by atoms with Gasteiger partial charge in [0.1, 0.15) is 0 Å². The summed E-state index contributed by atoms with van der Waals surface area (Å²) in [6.45, 7) is 9.32. The minimum Gasteiger partial charge on any atom is -0.315 e. The van der Waals surface area contributed by atoms with Gasteiger partial charge in [-0.05, 0) is 81.6 Å². The third-order valence-corrected chi connectivity index (χ3v) is 7.88. The molecule has 0 spiro atoms. The van der Waals surface area contributed by atoms with E-state index in [4.69, 9.17) is 9.97 Å². The molecule has 1 unspecified atom stereocenters. The summed E-state index contributed by atoms with van der Waals surface area (Å²) >= 11 is 0. The fraction of sp³-hybridized carbons (Fsp3) is 0.654. The molecular formula is C26H37N5. The van der Waals surface area contributed by atoms with Crippen molar-refractivity contribution in [1.29, 1.82) is 0 Å². The van der Waals surface area contributed by atoms with Gasteiger partial charge in [0, 0.05) is 60.3 Å². The summed E-state index contributed by atoms with van der Waals surface area (Å²) < 4.78 is 0. The van der Waals surface area contributed by atoms with Crippen LogP contribution in [0.25, 0.3) is 11.4 Å². The molecule has 3 saturated heterocycles. The molecule has 31 heavy (non-hydrogen) atoms. The summed E-state index contributed by atoms with van der Waals surface area (Å²) in [5.74, 6) is 3.61. The standard InChI is InChI=1S/C26H37N5/c1-3-19(4-2)24-14-25(30-26(29-24)20-7-10-27-11-8-20)23-17-31-12-9-21(23)13-22(31)16-28-15-18-5-6-18/h7-8,10-11,14,18-19,21-23,28H,3-6,9,12-13,15-17H2,1-2H3/t21-,22+,23-/m0/s1. The Balaban J connectivity index is 1.38. The van der Waals surface area contributed by atoms with E-state index in [0.29, 0.717) is 17.9 Å². The van der Waals surface area contributed by atoms with E-state index < -0.39 is 0 Å². The molecule has 4 atom stereocenters. The number of nitrogens with zero attached hydrogens (tertiary/aromatic N) is 4. The van der Waals surface area contributed by atoms with Gasteiger partial charge in [0.2, 0.25) is 0 Å². The molecule has 4 fully saturated rings. The molecule has 166 valence electrons. The highest BCUT2D eigenvalue weighted by Gasteiger charge is 2.41. The number of aromatic nitrogens is 3. The average molecular weight is 420 g/mol. The number of nitrogens with one attached hydrogen (secondary N) is 1. The molecule has 2 bridgehead atoms. The van der Waals surface area contributed by atoms with Gasteiger partial charge in [-0.25, -0.2) is 9.97 Å². The zero-order valence-electron chi connectivity index (χ0n) is 19.1. The van der Waals surface area contributed by atoms with Crippen molar-refractivity contribution in [3.05, 3.63) is 42.0 Å². The van der Waals surface area contributed by atoms with Crippen LogP contribution in [0.2, 0.25) is 0 Å². The van der Waals surface area contributed by atoms with Crippen molar-refractivity contribution >= 4 is 0 Å². The number of rotatable bonds is 9. The van der Waals surface area contributed by atoms with Crippen LogP contribution in [-0.4, -0.2) is 52.1 Å². The first-order valence-electron chi connectivity index (χ1n) is 12.5. The van der Waals surface area contributed by atoms with Gasteiger partial charge in [0.05, 0.1) is 0 Å². The smallest absolute Gasteiger partial charge is 0.159 e. The Morgan fingerprint density at radius 2 is 1.87 bits per heavy atom. The van der Waals surface area contributed by atoms with Gasteiger partial charge in [-0.1, -0.05) is 13.8 Å². The molecule has 0 radical (unpaired) electrons. The van der Waals surface area contributed by atoms with Gasteiger partial charge in [0.15, 0.2) is 5.82 Å². The minimum absolute atomic E-state index is 0.503. The van der Waals surface area contributed by atoms with Gasteiger partial charge in [-0.2, -0.15) is 0 Å². The summed E-state index contributed by atoms with van der Waals surface area (Å²) in [6.07, 6.45) is 11.4. The van der Waals surface area contributed by atoms with Crippen LogP contribution in [0.15, 0.2) is 30.6 Å². The topological polar surface area (TPSA) is 53.9 Å². The van der Waals surface area contributed by atoms with Crippen molar-refractivity contribution in [1.82, 2.24) is 25.2 Å². The highest BCUT2D eigenvalue weighted by Crippen LogP contribution is 2.42. The van der Waals surface area contributed by atoms with E-state index in [1.807, 2.05) is 24.5 Å². The number of pyridine rings is 1. The SMILES string of the molecule is CCC(CC)c1cc([C@H]2CN3CC[C@H]2C[C@@H]3CNCC2CC2)nc(-c2ccncc2)n1. The first-order valence-corrected chi connectivity index (χ1v) is 12.5. The summed E-state index contributed by atoms with van der Waals surface area (Å²) in [5, 5.41) is 3.75. The van der Waals surface area contributed by atoms with Gasteiger partial charge < -0.3 is 5.32 Å². The summed E-state index contributed by atoms with van der Waals surface area (Å²) in [7, 11) is 0. The summed E-state index contributed by atoms with van der Waals surface area (Å²) in [5.41, 5.74) is 3.57. The van der Waals surface area contributed by atoms with Crippen LogP contribution in [0.5, 0.6) is 0 Å². The van der Waals surface area contributed by atoms with Crippen molar-refractivity contribution in [2.75, 3.05) is 26.2 Å². The summed E-state index contributed by atoms with van der Waals surface area (Å²) in [4.78, 5) is 17.1.